The van der Waals surface area contributed by atoms with E-state index in [1.54, 1.807) is 0 Å². The third-order valence-corrected chi connectivity index (χ3v) is 2.45. The van der Waals surface area contributed by atoms with Crippen LogP contribution in [-0.4, -0.2) is 51.2 Å². The molecule has 0 saturated heterocycles. The number of hydrogen-bond donors (Lipinski definition) is 3. The van der Waals surface area contributed by atoms with Gasteiger partial charge in [0.25, 0.3) is 0 Å². The maximum atomic E-state index is 5.45. The van der Waals surface area contributed by atoms with Crippen molar-refractivity contribution in [3.05, 3.63) is 0 Å². The van der Waals surface area contributed by atoms with Crippen LogP contribution >= 0.6 is 0 Å². The van der Waals surface area contributed by atoms with Gasteiger partial charge in [-0.15, -0.1) is 0 Å². The van der Waals surface area contributed by atoms with Crippen LogP contribution in [0.1, 0.15) is 39.5 Å². The van der Waals surface area contributed by atoms with E-state index in [0.717, 1.165) is 45.6 Å². The molecule has 0 aliphatic carbocycles. The van der Waals surface area contributed by atoms with Crippen LogP contribution in [0.5, 0.6) is 0 Å². The van der Waals surface area contributed by atoms with Crippen molar-refractivity contribution in [1.82, 2.24) is 10.2 Å². The molecule has 0 atom stereocenters. The summed E-state index contributed by atoms with van der Waals surface area (Å²) < 4.78 is 0. The Kier molecular flexibility index (Phi) is 20.6. The lowest BCUT2D eigenvalue weighted by Crippen LogP contribution is -2.24. The van der Waals surface area contributed by atoms with E-state index in [1.807, 2.05) is 13.8 Å². The van der Waals surface area contributed by atoms with Gasteiger partial charge in [0, 0.05) is 0 Å². The molecule has 0 aliphatic heterocycles. The number of unbranched alkanes of at least 4 members (excludes halogenated alkanes) is 1. The summed E-state index contributed by atoms with van der Waals surface area (Å²) in [6, 6.07) is 0. The molecular formula is C13H34N4. The van der Waals surface area contributed by atoms with Gasteiger partial charge in [0.05, 0.1) is 0 Å². The molecule has 106 valence electrons. The number of nitrogens with one attached hydrogen (secondary N) is 1. The van der Waals surface area contributed by atoms with Gasteiger partial charge in [0.2, 0.25) is 0 Å². The second-order valence-electron chi connectivity index (χ2n) is 4.04. The minimum atomic E-state index is 0.787. The fourth-order valence-electron chi connectivity index (χ4n) is 1.46. The first kappa shape index (κ1) is 19.2. The lowest BCUT2D eigenvalue weighted by molar-refractivity contribution is 0.322. The number of rotatable bonds is 11. The van der Waals surface area contributed by atoms with Crippen LogP contribution in [0.25, 0.3) is 0 Å². The fraction of sp³-hybridized carbons (Fsp3) is 1.00. The highest BCUT2D eigenvalue weighted by Crippen LogP contribution is 1.93. The first-order chi connectivity index (χ1) is 8.31. The molecule has 0 bridgehead atoms. The normalized spacial score (nSPS) is 10.2. The van der Waals surface area contributed by atoms with Crippen LogP contribution in [0.2, 0.25) is 0 Å². The molecule has 0 unspecified atom stereocenters. The van der Waals surface area contributed by atoms with Crippen LogP contribution in [-0.2, 0) is 0 Å². The van der Waals surface area contributed by atoms with Crippen molar-refractivity contribution < 1.29 is 0 Å². The smallest absolute Gasteiger partial charge is 0.000977 e. The van der Waals surface area contributed by atoms with Crippen LogP contribution in [0, 0.1) is 0 Å². The van der Waals surface area contributed by atoms with Gasteiger partial charge in [-0.2, -0.15) is 0 Å². The molecule has 0 aliphatic rings. The highest BCUT2D eigenvalue weighted by molar-refractivity contribution is 4.54. The van der Waals surface area contributed by atoms with Crippen molar-refractivity contribution in [1.29, 1.82) is 0 Å². The Balaban J connectivity index is 0. The van der Waals surface area contributed by atoms with Crippen LogP contribution in [0.3, 0.4) is 0 Å². The largest absolute Gasteiger partial charge is 0.330 e. The first-order valence-corrected chi connectivity index (χ1v) is 7.10. The van der Waals surface area contributed by atoms with Gasteiger partial charge in [0.1, 0.15) is 0 Å². The fourth-order valence-corrected chi connectivity index (χ4v) is 1.46. The number of nitrogens with zero attached hydrogens (tertiary/aromatic N) is 1. The topological polar surface area (TPSA) is 67.3 Å². The third-order valence-electron chi connectivity index (χ3n) is 2.45. The van der Waals surface area contributed by atoms with Crippen LogP contribution in [0.4, 0.5) is 0 Å². The van der Waals surface area contributed by atoms with E-state index < -0.39 is 0 Å². The number of hydrogen-bond acceptors (Lipinski definition) is 4. The molecule has 0 spiro atoms. The second-order valence-corrected chi connectivity index (χ2v) is 4.04. The van der Waals surface area contributed by atoms with Gasteiger partial charge in [-0.05, 0) is 72.0 Å². The highest BCUT2D eigenvalue weighted by Gasteiger charge is 1.96. The van der Waals surface area contributed by atoms with Crippen LogP contribution < -0.4 is 16.8 Å². The molecule has 4 heteroatoms. The van der Waals surface area contributed by atoms with Gasteiger partial charge >= 0.3 is 0 Å². The Hall–Kier alpha value is -0.160. The molecule has 0 aromatic rings. The molecule has 0 aromatic carbocycles. The molecule has 0 amide bonds. The van der Waals surface area contributed by atoms with Crippen molar-refractivity contribution in [2.75, 3.05) is 46.3 Å². The summed E-state index contributed by atoms with van der Waals surface area (Å²) in [4.78, 5) is 2.35. The molecular weight excluding hydrogens is 212 g/mol. The summed E-state index contributed by atoms with van der Waals surface area (Å²) in [6.45, 7) is 10.1. The maximum Gasteiger partial charge on any atom is -0.000977 e. The zero-order valence-electron chi connectivity index (χ0n) is 12.2. The minimum Gasteiger partial charge on any atom is -0.330 e. The van der Waals surface area contributed by atoms with Gasteiger partial charge in [-0.3, -0.25) is 0 Å². The van der Waals surface area contributed by atoms with Crippen LogP contribution in [0.15, 0.2) is 0 Å². The Morgan fingerprint density at radius 1 is 0.824 bits per heavy atom. The lowest BCUT2D eigenvalue weighted by Gasteiger charge is -2.15. The predicted molar refractivity (Wildman–Crippen MR) is 78.3 cm³/mol. The first-order valence-electron chi connectivity index (χ1n) is 7.10. The summed E-state index contributed by atoms with van der Waals surface area (Å²) in [5, 5.41) is 3.38. The molecule has 0 radical (unpaired) electrons. The van der Waals surface area contributed by atoms with Gasteiger partial charge in [-0.25, -0.2) is 0 Å². The molecule has 0 aromatic heterocycles. The second kappa shape index (κ2) is 18.2. The Morgan fingerprint density at radius 2 is 1.35 bits per heavy atom. The Bertz CT molecular complexity index is 120. The maximum absolute atomic E-state index is 5.45. The van der Waals surface area contributed by atoms with E-state index in [9.17, 15) is 0 Å². The molecule has 4 nitrogen and oxygen atoms in total. The molecule has 0 saturated carbocycles. The summed E-state index contributed by atoms with van der Waals surface area (Å²) >= 11 is 0. The Morgan fingerprint density at radius 3 is 1.94 bits per heavy atom. The van der Waals surface area contributed by atoms with Gasteiger partial charge in [0.15, 0.2) is 0 Å². The molecule has 0 rings (SSSR count). The summed E-state index contributed by atoms with van der Waals surface area (Å²) in [5.74, 6) is 0. The van der Waals surface area contributed by atoms with E-state index in [4.69, 9.17) is 11.5 Å². The molecule has 5 N–H and O–H groups in total. The average molecular weight is 246 g/mol. The van der Waals surface area contributed by atoms with Gasteiger partial charge in [-0.1, -0.05) is 13.8 Å². The zero-order chi connectivity index (χ0) is 13.4. The summed E-state index contributed by atoms with van der Waals surface area (Å²) in [7, 11) is 2.16. The Labute approximate surface area is 108 Å². The summed E-state index contributed by atoms with van der Waals surface area (Å²) in [5.41, 5.74) is 10.9. The van der Waals surface area contributed by atoms with Crippen molar-refractivity contribution in [2.45, 2.75) is 39.5 Å². The standard InChI is InChI=1S/C11H28N4.C2H6/c1-15(11-5-7-13)10-3-2-8-14-9-4-6-12;1-2/h14H,2-13H2,1H3;1-2H3. The van der Waals surface area contributed by atoms with Gasteiger partial charge < -0.3 is 21.7 Å². The van der Waals surface area contributed by atoms with E-state index in [0.29, 0.717) is 0 Å². The quantitative estimate of drug-likeness (QED) is 0.476. The number of nitrogens with two attached hydrogens (primary N) is 2. The highest BCUT2D eigenvalue weighted by atomic mass is 15.1. The molecule has 0 fully saturated rings. The van der Waals surface area contributed by atoms with E-state index in [1.165, 1.54) is 19.4 Å². The predicted octanol–water partition coefficient (Wildman–Crippen LogP) is 1.01. The lowest BCUT2D eigenvalue weighted by atomic mass is 10.3. The SMILES string of the molecule is CC.CN(CCCN)CCCCNCCCN. The van der Waals surface area contributed by atoms with E-state index in [2.05, 4.69) is 17.3 Å². The van der Waals surface area contributed by atoms with Crippen molar-refractivity contribution in [2.24, 2.45) is 11.5 Å². The third kappa shape index (κ3) is 18.4. The van der Waals surface area contributed by atoms with E-state index in [-0.39, 0.29) is 0 Å². The molecule has 0 heterocycles. The van der Waals surface area contributed by atoms with Crippen molar-refractivity contribution in [3.63, 3.8) is 0 Å². The average Bonchev–Trinajstić information content (AvgIpc) is 2.37. The van der Waals surface area contributed by atoms with E-state index >= 15 is 0 Å². The molecule has 17 heavy (non-hydrogen) atoms. The monoisotopic (exact) mass is 246 g/mol. The zero-order valence-corrected chi connectivity index (χ0v) is 12.2. The summed E-state index contributed by atoms with van der Waals surface area (Å²) in [6.07, 6.45) is 4.69. The van der Waals surface area contributed by atoms with Crippen molar-refractivity contribution >= 4 is 0 Å². The minimum absolute atomic E-state index is 0.787. The van der Waals surface area contributed by atoms with Crippen molar-refractivity contribution in [3.8, 4) is 0 Å².